The lowest BCUT2D eigenvalue weighted by molar-refractivity contribution is 0.447. The topological polar surface area (TPSA) is 49.4 Å². The maximum Gasteiger partial charge on any atom is 0.218 e. The molecular formula is C11H24N2O2S. The van der Waals surface area contributed by atoms with Crippen LogP contribution in [-0.4, -0.2) is 44.2 Å². The van der Waals surface area contributed by atoms with Gasteiger partial charge in [0, 0.05) is 19.6 Å². The van der Waals surface area contributed by atoms with Gasteiger partial charge in [-0.05, 0) is 19.9 Å². The van der Waals surface area contributed by atoms with Gasteiger partial charge in [0.15, 0.2) is 0 Å². The van der Waals surface area contributed by atoms with Crippen molar-refractivity contribution in [2.45, 2.75) is 32.4 Å². The molecule has 0 fully saturated rings. The minimum Gasteiger partial charge on any atom is -0.315 e. The molecule has 1 N–H and O–H groups in total. The zero-order valence-corrected chi connectivity index (χ0v) is 11.4. The zero-order valence-electron chi connectivity index (χ0n) is 10.6. The van der Waals surface area contributed by atoms with E-state index in [0.29, 0.717) is 19.6 Å². The van der Waals surface area contributed by atoms with Crippen LogP contribution in [-0.2, 0) is 10.0 Å². The first-order chi connectivity index (χ1) is 7.50. The second kappa shape index (κ2) is 7.81. The molecule has 0 bridgehead atoms. The van der Waals surface area contributed by atoms with Gasteiger partial charge in [0.25, 0.3) is 0 Å². The second-order valence-electron chi connectivity index (χ2n) is 3.80. The highest BCUT2D eigenvalue weighted by molar-refractivity contribution is 7.89. The van der Waals surface area contributed by atoms with Gasteiger partial charge in [0.1, 0.15) is 0 Å². The standard InChI is InChI=1S/C11H24N2O2S/c1-5-8-12-10-11(4)16(14,15)13(7-3)9-6-2/h6,11-12H,2,5,7-10H2,1,3-4H3. The number of hydrogen-bond acceptors (Lipinski definition) is 3. The van der Waals surface area contributed by atoms with Crippen molar-refractivity contribution >= 4 is 10.0 Å². The summed E-state index contributed by atoms with van der Waals surface area (Å²) in [7, 11) is -3.19. The van der Waals surface area contributed by atoms with E-state index in [1.54, 1.807) is 13.0 Å². The van der Waals surface area contributed by atoms with Crippen LogP contribution in [0.25, 0.3) is 0 Å². The van der Waals surface area contributed by atoms with Crippen molar-refractivity contribution in [2.75, 3.05) is 26.2 Å². The molecule has 0 aliphatic heterocycles. The van der Waals surface area contributed by atoms with Gasteiger partial charge in [-0.25, -0.2) is 8.42 Å². The van der Waals surface area contributed by atoms with E-state index in [4.69, 9.17) is 0 Å². The van der Waals surface area contributed by atoms with Crippen molar-refractivity contribution in [1.29, 1.82) is 0 Å². The van der Waals surface area contributed by atoms with E-state index in [9.17, 15) is 8.42 Å². The first kappa shape index (κ1) is 15.6. The van der Waals surface area contributed by atoms with Crippen LogP contribution in [0.5, 0.6) is 0 Å². The third-order valence-corrected chi connectivity index (χ3v) is 4.72. The van der Waals surface area contributed by atoms with E-state index in [-0.39, 0.29) is 5.25 Å². The molecular weight excluding hydrogens is 224 g/mol. The molecule has 5 heteroatoms. The van der Waals surface area contributed by atoms with Gasteiger partial charge in [0.2, 0.25) is 10.0 Å². The van der Waals surface area contributed by atoms with Crippen LogP contribution < -0.4 is 5.32 Å². The van der Waals surface area contributed by atoms with Gasteiger partial charge in [-0.3, -0.25) is 0 Å². The Kier molecular flexibility index (Phi) is 7.62. The molecule has 0 saturated carbocycles. The SMILES string of the molecule is C=CCN(CC)S(=O)(=O)C(C)CNCCC. The third kappa shape index (κ3) is 4.63. The molecule has 4 nitrogen and oxygen atoms in total. The van der Waals surface area contributed by atoms with E-state index >= 15 is 0 Å². The number of sulfonamides is 1. The molecule has 0 aromatic carbocycles. The zero-order chi connectivity index (χ0) is 12.6. The molecule has 0 rings (SSSR count). The van der Waals surface area contributed by atoms with E-state index in [0.717, 1.165) is 13.0 Å². The van der Waals surface area contributed by atoms with Crippen LogP contribution in [0.2, 0.25) is 0 Å². The summed E-state index contributed by atoms with van der Waals surface area (Å²) in [4.78, 5) is 0. The van der Waals surface area contributed by atoms with E-state index in [2.05, 4.69) is 18.8 Å². The van der Waals surface area contributed by atoms with Crippen LogP contribution in [0, 0.1) is 0 Å². The molecule has 0 aliphatic rings. The highest BCUT2D eigenvalue weighted by Crippen LogP contribution is 2.08. The molecule has 0 radical (unpaired) electrons. The molecule has 0 aliphatic carbocycles. The Bertz CT molecular complexity index is 288. The van der Waals surface area contributed by atoms with Crippen molar-refractivity contribution in [3.05, 3.63) is 12.7 Å². The average molecular weight is 248 g/mol. The van der Waals surface area contributed by atoms with E-state index in [1.807, 2.05) is 6.92 Å². The van der Waals surface area contributed by atoms with Gasteiger partial charge < -0.3 is 5.32 Å². The summed E-state index contributed by atoms with van der Waals surface area (Å²) >= 11 is 0. The Morgan fingerprint density at radius 2 is 2.06 bits per heavy atom. The van der Waals surface area contributed by atoms with Crippen molar-refractivity contribution in [2.24, 2.45) is 0 Å². The lowest BCUT2D eigenvalue weighted by atomic mass is 10.4. The van der Waals surface area contributed by atoms with Crippen molar-refractivity contribution < 1.29 is 8.42 Å². The van der Waals surface area contributed by atoms with Crippen LogP contribution in [0.4, 0.5) is 0 Å². The normalized spacial score (nSPS) is 14.0. The summed E-state index contributed by atoms with van der Waals surface area (Å²) in [5.74, 6) is 0. The lowest BCUT2D eigenvalue weighted by Gasteiger charge is -2.23. The first-order valence-corrected chi connectivity index (χ1v) is 7.31. The van der Waals surface area contributed by atoms with Gasteiger partial charge in [-0.2, -0.15) is 4.31 Å². The third-order valence-electron chi connectivity index (χ3n) is 2.41. The first-order valence-electron chi connectivity index (χ1n) is 5.81. The van der Waals surface area contributed by atoms with Crippen LogP contribution >= 0.6 is 0 Å². The van der Waals surface area contributed by atoms with Gasteiger partial charge in [0.05, 0.1) is 5.25 Å². The summed E-state index contributed by atoms with van der Waals surface area (Å²) < 4.78 is 25.6. The van der Waals surface area contributed by atoms with Crippen molar-refractivity contribution in [1.82, 2.24) is 9.62 Å². The molecule has 96 valence electrons. The maximum absolute atomic E-state index is 12.1. The van der Waals surface area contributed by atoms with Gasteiger partial charge in [-0.1, -0.05) is 19.9 Å². The summed E-state index contributed by atoms with van der Waals surface area (Å²) in [6.07, 6.45) is 2.63. The highest BCUT2D eigenvalue weighted by atomic mass is 32.2. The molecule has 0 aromatic rings. The second-order valence-corrected chi connectivity index (χ2v) is 6.15. The fraction of sp³-hybridized carbons (Fsp3) is 0.818. The molecule has 16 heavy (non-hydrogen) atoms. The fourth-order valence-electron chi connectivity index (χ4n) is 1.40. The molecule has 0 heterocycles. The summed E-state index contributed by atoms with van der Waals surface area (Å²) in [6.45, 7) is 11.4. The Hall–Kier alpha value is -0.390. The summed E-state index contributed by atoms with van der Waals surface area (Å²) in [5.41, 5.74) is 0. The predicted molar refractivity (Wildman–Crippen MR) is 69.0 cm³/mol. The van der Waals surface area contributed by atoms with Gasteiger partial charge >= 0.3 is 0 Å². The molecule has 1 atom stereocenters. The predicted octanol–water partition coefficient (Wildman–Crippen LogP) is 1.21. The highest BCUT2D eigenvalue weighted by Gasteiger charge is 2.26. The molecule has 0 saturated heterocycles. The number of rotatable bonds is 9. The monoisotopic (exact) mass is 248 g/mol. The number of likely N-dealkylation sites (N-methyl/N-ethyl adjacent to an activating group) is 1. The Balaban J connectivity index is 4.43. The lowest BCUT2D eigenvalue weighted by Crippen LogP contribution is -2.42. The van der Waals surface area contributed by atoms with E-state index in [1.165, 1.54) is 4.31 Å². The van der Waals surface area contributed by atoms with Gasteiger partial charge in [-0.15, -0.1) is 6.58 Å². The number of hydrogen-bond donors (Lipinski definition) is 1. The quantitative estimate of drug-likeness (QED) is 0.493. The molecule has 0 spiro atoms. The Morgan fingerprint density at radius 1 is 1.44 bits per heavy atom. The summed E-state index contributed by atoms with van der Waals surface area (Å²) in [5, 5.41) is 2.74. The Morgan fingerprint density at radius 3 is 2.50 bits per heavy atom. The van der Waals surface area contributed by atoms with E-state index < -0.39 is 10.0 Å². The van der Waals surface area contributed by atoms with Crippen LogP contribution in [0.3, 0.4) is 0 Å². The van der Waals surface area contributed by atoms with Crippen molar-refractivity contribution in [3.8, 4) is 0 Å². The van der Waals surface area contributed by atoms with Crippen LogP contribution in [0.15, 0.2) is 12.7 Å². The fourth-order valence-corrected chi connectivity index (χ4v) is 2.91. The number of nitrogens with zero attached hydrogens (tertiary/aromatic N) is 1. The largest absolute Gasteiger partial charge is 0.315 e. The minimum atomic E-state index is -3.19. The minimum absolute atomic E-state index is 0.386. The summed E-state index contributed by atoms with van der Waals surface area (Å²) in [6, 6.07) is 0. The molecule has 1 unspecified atom stereocenters. The molecule has 0 aromatic heterocycles. The van der Waals surface area contributed by atoms with Crippen molar-refractivity contribution in [3.63, 3.8) is 0 Å². The Labute approximate surface area is 99.8 Å². The van der Waals surface area contributed by atoms with Crippen LogP contribution in [0.1, 0.15) is 27.2 Å². The maximum atomic E-state index is 12.1. The number of nitrogens with one attached hydrogen (secondary N) is 1. The smallest absolute Gasteiger partial charge is 0.218 e. The molecule has 0 amide bonds. The average Bonchev–Trinajstić information content (AvgIpc) is 2.25.